The molecule has 0 unspecified atom stereocenters. The van der Waals surface area contributed by atoms with E-state index in [9.17, 15) is 0 Å². The van der Waals surface area contributed by atoms with Gasteiger partial charge >= 0.3 is 0 Å². The van der Waals surface area contributed by atoms with E-state index in [-0.39, 0.29) is 0 Å². The molecule has 0 aromatic carbocycles. The number of hydrogen-bond acceptors (Lipinski definition) is 1. The minimum absolute atomic E-state index is 0.955. The van der Waals surface area contributed by atoms with Gasteiger partial charge in [-0.2, -0.15) is 0 Å². The molecule has 0 radical (unpaired) electrons. The van der Waals surface area contributed by atoms with E-state index in [1.54, 1.807) is 0 Å². The third kappa shape index (κ3) is 9.66. The van der Waals surface area contributed by atoms with E-state index in [4.69, 9.17) is 0 Å². The molecule has 0 amide bonds. The first kappa shape index (κ1) is 11.7. The number of quaternary nitrogens is 1. The molecule has 0 saturated heterocycles. The fourth-order valence-electron chi connectivity index (χ4n) is 0.980. The number of hydrogen-bond donors (Lipinski definition) is 1. The van der Waals surface area contributed by atoms with Crippen LogP contribution >= 0.6 is 0 Å². The molecule has 0 atom stereocenters. The normalized spacial score (nSPS) is 11.7. The first-order valence-corrected chi connectivity index (χ1v) is 4.57. The Morgan fingerprint density at radius 2 is 1.92 bits per heavy atom. The zero-order chi connectivity index (χ0) is 9.61. The molecule has 2 nitrogen and oxygen atoms in total. The van der Waals surface area contributed by atoms with E-state index in [1.807, 2.05) is 6.92 Å². The molecule has 0 aliphatic carbocycles. The van der Waals surface area contributed by atoms with Gasteiger partial charge in [0.25, 0.3) is 0 Å². The van der Waals surface area contributed by atoms with Crippen LogP contribution in [0, 0.1) is 0 Å². The lowest BCUT2D eigenvalue weighted by Gasteiger charge is -2.23. The zero-order valence-corrected chi connectivity index (χ0v) is 8.98. The van der Waals surface area contributed by atoms with Crippen molar-refractivity contribution in [2.45, 2.75) is 13.3 Å². The fraction of sp³-hybridized carbons (Fsp3) is 0.800. The minimum atomic E-state index is 0.955. The van der Waals surface area contributed by atoms with Gasteiger partial charge in [0.05, 0.1) is 27.7 Å². The van der Waals surface area contributed by atoms with Gasteiger partial charge in [0.1, 0.15) is 0 Å². The summed E-state index contributed by atoms with van der Waals surface area (Å²) in [5.41, 5.74) is 1.21. The van der Waals surface area contributed by atoms with E-state index in [2.05, 4.69) is 33.0 Å². The standard InChI is InChI=1S/C10H23N2/c1-10(2)9-11-7-6-8-12(3,4)5/h11H,1,6-9H2,2-5H3/q+1. The van der Waals surface area contributed by atoms with Crippen LogP contribution in [0.15, 0.2) is 12.2 Å². The fourth-order valence-corrected chi connectivity index (χ4v) is 0.980. The summed E-state index contributed by atoms with van der Waals surface area (Å²) in [7, 11) is 6.66. The van der Waals surface area contributed by atoms with Crippen molar-refractivity contribution >= 4 is 0 Å². The molecule has 2 heteroatoms. The van der Waals surface area contributed by atoms with Gasteiger partial charge in [0.2, 0.25) is 0 Å². The minimum Gasteiger partial charge on any atom is -0.331 e. The summed E-state index contributed by atoms with van der Waals surface area (Å²) in [5, 5.41) is 3.35. The number of nitrogens with one attached hydrogen (secondary N) is 1. The highest BCUT2D eigenvalue weighted by molar-refractivity contribution is 4.90. The first-order chi connectivity index (χ1) is 5.42. The van der Waals surface area contributed by atoms with Crippen molar-refractivity contribution < 1.29 is 4.48 Å². The summed E-state index contributed by atoms with van der Waals surface area (Å²) in [4.78, 5) is 0. The van der Waals surface area contributed by atoms with Gasteiger partial charge in [-0.1, -0.05) is 12.2 Å². The lowest BCUT2D eigenvalue weighted by molar-refractivity contribution is -0.870. The summed E-state index contributed by atoms with van der Waals surface area (Å²) >= 11 is 0. The number of nitrogens with zero attached hydrogens (tertiary/aromatic N) is 1. The molecule has 0 aliphatic heterocycles. The second-order valence-corrected chi connectivity index (χ2v) is 4.50. The van der Waals surface area contributed by atoms with Crippen LogP contribution in [0.1, 0.15) is 13.3 Å². The quantitative estimate of drug-likeness (QED) is 0.360. The van der Waals surface area contributed by atoms with Gasteiger partial charge in [0, 0.05) is 19.5 Å². The van der Waals surface area contributed by atoms with Gasteiger partial charge in [0.15, 0.2) is 0 Å². The SMILES string of the molecule is C=C(C)CNCCC[N+](C)(C)C. The topological polar surface area (TPSA) is 12.0 Å². The summed E-state index contributed by atoms with van der Waals surface area (Å²) in [6.07, 6.45) is 1.23. The Morgan fingerprint density at radius 3 is 2.33 bits per heavy atom. The maximum absolute atomic E-state index is 3.84. The van der Waals surface area contributed by atoms with Gasteiger partial charge < -0.3 is 9.80 Å². The van der Waals surface area contributed by atoms with Crippen molar-refractivity contribution in [3.8, 4) is 0 Å². The van der Waals surface area contributed by atoms with Crippen molar-refractivity contribution in [1.29, 1.82) is 0 Å². The lowest BCUT2D eigenvalue weighted by Crippen LogP contribution is -2.36. The van der Waals surface area contributed by atoms with Crippen LogP contribution < -0.4 is 5.32 Å². The molecular weight excluding hydrogens is 148 g/mol. The Kier molecular flexibility index (Phi) is 5.18. The van der Waals surface area contributed by atoms with E-state index in [1.165, 1.54) is 18.5 Å². The summed E-state index contributed by atoms with van der Waals surface area (Å²) in [5.74, 6) is 0. The molecule has 0 spiro atoms. The second kappa shape index (κ2) is 5.33. The van der Waals surface area contributed by atoms with Crippen LogP contribution in [0.3, 0.4) is 0 Å². The molecule has 0 aromatic heterocycles. The molecule has 12 heavy (non-hydrogen) atoms. The van der Waals surface area contributed by atoms with E-state index >= 15 is 0 Å². The lowest BCUT2D eigenvalue weighted by atomic mass is 10.3. The number of rotatable bonds is 6. The molecule has 0 rings (SSSR count). The molecule has 0 aliphatic rings. The average molecular weight is 171 g/mol. The van der Waals surface area contributed by atoms with E-state index < -0.39 is 0 Å². The Hall–Kier alpha value is -0.340. The van der Waals surface area contributed by atoms with E-state index in [0.717, 1.165) is 17.6 Å². The largest absolute Gasteiger partial charge is 0.331 e. The van der Waals surface area contributed by atoms with Crippen molar-refractivity contribution in [2.24, 2.45) is 0 Å². The monoisotopic (exact) mass is 171 g/mol. The average Bonchev–Trinajstić information content (AvgIpc) is 1.83. The van der Waals surface area contributed by atoms with Crippen molar-refractivity contribution in [1.82, 2.24) is 5.32 Å². The highest BCUT2D eigenvalue weighted by Gasteiger charge is 2.04. The van der Waals surface area contributed by atoms with Crippen LogP contribution in [-0.4, -0.2) is 45.3 Å². The molecule has 0 saturated carbocycles. The van der Waals surface area contributed by atoms with Gasteiger partial charge in [-0.05, 0) is 6.92 Å². The predicted molar refractivity (Wildman–Crippen MR) is 55.2 cm³/mol. The molecule has 1 N–H and O–H groups in total. The van der Waals surface area contributed by atoms with Crippen molar-refractivity contribution in [2.75, 3.05) is 40.8 Å². The van der Waals surface area contributed by atoms with Crippen LogP contribution in [0.25, 0.3) is 0 Å². The smallest absolute Gasteiger partial charge is 0.0792 e. The Balaban J connectivity index is 3.17. The highest BCUT2D eigenvalue weighted by atomic mass is 15.3. The Bertz CT molecular complexity index is 133. The first-order valence-electron chi connectivity index (χ1n) is 4.57. The Labute approximate surface area is 76.9 Å². The van der Waals surface area contributed by atoms with Gasteiger partial charge in [-0.3, -0.25) is 0 Å². The maximum Gasteiger partial charge on any atom is 0.0792 e. The molecule has 0 aromatic rings. The molecular formula is C10H23N2+. The van der Waals surface area contributed by atoms with Crippen LogP contribution in [0.5, 0.6) is 0 Å². The predicted octanol–water partition coefficient (Wildman–Crippen LogP) is 1.25. The van der Waals surface area contributed by atoms with Crippen LogP contribution in [0.4, 0.5) is 0 Å². The van der Waals surface area contributed by atoms with Crippen LogP contribution in [-0.2, 0) is 0 Å². The third-order valence-electron chi connectivity index (χ3n) is 1.61. The van der Waals surface area contributed by atoms with E-state index in [0.29, 0.717) is 0 Å². The van der Waals surface area contributed by atoms with Gasteiger partial charge in [-0.15, -0.1) is 0 Å². The molecule has 72 valence electrons. The molecule has 0 heterocycles. The molecule has 0 fully saturated rings. The summed E-state index contributed by atoms with van der Waals surface area (Å²) in [6.45, 7) is 9.16. The maximum atomic E-state index is 3.84. The summed E-state index contributed by atoms with van der Waals surface area (Å²) in [6, 6.07) is 0. The molecule has 0 bridgehead atoms. The summed E-state index contributed by atoms with van der Waals surface area (Å²) < 4.78 is 1.05. The third-order valence-corrected chi connectivity index (χ3v) is 1.61. The second-order valence-electron chi connectivity index (χ2n) is 4.50. The van der Waals surface area contributed by atoms with Crippen molar-refractivity contribution in [3.63, 3.8) is 0 Å². The van der Waals surface area contributed by atoms with Crippen molar-refractivity contribution in [3.05, 3.63) is 12.2 Å². The Morgan fingerprint density at radius 1 is 1.33 bits per heavy atom. The van der Waals surface area contributed by atoms with Gasteiger partial charge in [-0.25, -0.2) is 0 Å². The van der Waals surface area contributed by atoms with Crippen LogP contribution in [0.2, 0.25) is 0 Å². The zero-order valence-electron chi connectivity index (χ0n) is 8.98. The highest BCUT2D eigenvalue weighted by Crippen LogP contribution is 1.92.